The van der Waals surface area contributed by atoms with Crippen molar-refractivity contribution in [2.45, 2.75) is 56.6 Å². The van der Waals surface area contributed by atoms with Crippen molar-refractivity contribution in [3.8, 4) is 0 Å². The summed E-state index contributed by atoms with van der Waals surface area (Å²) in [7, 11) is -0.952. The molecule has 0 saturated heterocycles. The Morgan fingerprint density at radius 3 is 1.88 bits per heavy atom. The largest absolute Gasteiger partial charge is 0.454 e. The molecule has 3 aliphatic carbocycles. The minimum absolute atomic E-state index is 0.826. The molecular weight excluding hydrogens is 1010 g/mol. The van der Waals surface area contributed by atoms with Gasteiger partial charge in [0.1, 0.15) is 5.58 Å². The summed E-state index contributed by atoms with van der Waals surface area (Å²) in [5.74, 6) is 0. The van der Waals surface area contributed by atoms with Crippen molar-refractivity contribution in [3.05, 3.63) is 268 Å². The van der Waals surface area contributed by atoms with E-state index in [2.05, 4.69) is 211 Å². The highest BCUT2D eigenvalue weighted by Gasteiger charge is 2.31. The molecule has 1 aromatic heterocycles. The maximum Gasteiger partial charge on any atom is 0.159 e. The van der Waals surface area contributed by atoms with Gasteiger partial charge in [-0.05, 0) is 169 Å². The van der Waals surface area contributed by atoms with Gasteiger partial charge in [-0.3, -0.25) is 4.21 Å². The molecule has 3 nitrogen and oxygen atoms in total. The Balaban J connectivity index is 0.000000106. The number of para-hydroxylation sites is 3. The van der Waals surface area contributed by atoms with Crippen molar-refractivity contribution in [2.24, 2.45) is 0 Å². The van der Waals surface area contributed by atoms with E-state index in [9.17, 15) is 4.21 Å². The summed E-state index contributed by atoms with van der Waals surface area (Å²) in [5.41, 5.74) is 19.1. The van der Waals surface area contributed by atoms with Gasteiger partial charge >= 0.3 is 0 Å². The van der Waals surface area contributed by atoms with E-state index in [0.717, 1.165) is 70.2 Å². The molecule has 374 valence electrons. The van der Waals surface area contributed by atoms with E-state index in [-0.39, 0.29) is 0 Å². The minimum atomic E-state index is -0.952. The summed E-state index contributed by atoms with van der Waals surface area (Å²) in [6, 6.07) is 69.5. The summed E-state index contributed by atoms with van der Waals surface area (Å²) >= 11 is 3.85. The van der Waals surface area contributed by atoms with Crippen LogP contribution in [0.2, 0.25) is 0 Å². The summed E-state index contributed by atoms with van der Waals surface area (Å²) in [6.45, 7) is 0. The molecule has 0 radical (unpaired) electrons. The lowest BCUT2D eigenvalue weighted by atomic mass is 9.89. The van der Waals surface area contributed by atoms with Crippen LogP contribution >= 0.6 is 23.5 Å². The predicted octanol–water partition coefficient (Wildman–Crippen LogP) is 19.4. The fraction of sp³-hybridized carbons (Fsp3) is 0.0833. The second-order valence-electron chi connectivity index (χ2n) is 20.7. The molecule has 11 aromatic carbocycles. The van der Waals surface area contributed by atoms with Crippen LogP contribution in [0, 0.1) is 0 Å². The molecule has 12 aromatic rings. The maximum absolute atomic E-state index is 11.9. The topological polar surface area (TPSA) is 33.5 Å². The molecule has 0 saturated carbocycles. The first-order valence-corrected chi connectivity index (χ1v) is 30.0. The van der Waals surface area contributed by atoms with Gasteiger partial charge in [-0.1, -0.05) is 206 Å². The van der Waals surface area contributed by atoms with Crippen LogP contribution in [-0.4, -0.2) is 10.5 Å². The fourth-order valence-electron chi connectivity index (χ4n) is 12.7. The van der Waals surface area contributed by atoms with Crippen LogP contribution in [0.25, 0.3) is 72.5 Å². The molecule has 17 rings (SSSR count). The van der Waals surface area contributed by atoms with Crippen LogP contribution in [0.15, 0.2) is 241 Å². The Hall–Kier alpha value is -8.13. The molecule has 2 aliphatic heterocycles. The van der Waals surface area contributed by atoms with Gasteiger partial charge in [-0.2, -0.15) is 0 Å². The smallest absolute Gasteiger partial charge is 0.159 e. The summed E-state index contributed by atoms with van der Waals surface area (Å²) in [4.78, 5) is 8.88. The molecule has 0 amide bonds. The first-order valence-electron chi connectivity index (χ1n) is 26.8. The number of allylic oxidation sites excluding steroid dienone is 3. The molecule has 6 heteroatoms. The maximum atomic E-state index is 11.9. The predicted molar refractivity (Wildman–Crippen MR) is 331 cm³/mol. The van der Waals surface area contributed by atoms with Crippen LogP contribution in [0.1, 0.15) is 55.6 Å². The number of anilines is 3. The lowest BCUT2D eigenvalue weighted by molar-refractivity contribution is 0.669. The van der Waals surface area contributed by atoms with Crippen LogP contribution in [-0.2, 0) is 42.9 Å². The Morgan fingerprint density at radius 2 is 1.09 bits per heavy atom. The lowest BCUT2D eigenvalue weighted by Crippen LogP contribution is -2.16. The first kappa shape index (κ1) is 47.1. The van der Waals surface area contributed by atoms with Crippen molar-refractivity contribution in [1.82, 2.24) is 0 Å². The van der Waals surface area contributed by atoms with Crippen LogP contribution < -0.4 is 4.90 Å². The van der Waals surface area contributed by atoms with E-state index in [1.54, 1.807) is 6.26 Å². The fourth-order valence-corrected chi connectivity index (χ4v) is 15.8. The number of fused-ring (bicyclic) bond motifs is 9. The molecule has 0 bridgehead atoms. The highest BCUT2D eigenvalue weighted by atomic mass is 32.2. The van der Waals surface area contributed by atoms with Crippen LogP contribution in [0.4, 0.5) is 17.1 Å². The highest BCUT2D eigenvalue weighted by molar-refractivity contribution is 8.00. The number of hydrogen-bond acceptors (Lipinski definition) is 5. The van der Waals surface area contributed by atoms with Gasteiger partial charge in [0.2, 0.25) is 0 Å². The lowest BCUT2D eigenvalue weighted by Gasteiger charge is -2.35. The molecule has 78 heavy (non-hydrogen) atoms. The molecular formula is C72H51NO2S3. The van der Waals surface area contributed by atoms with Crippen LogP contribution in [0.3, 0.4) is 0 Å². The number of benzene rings is 11. The van der Waals surface area contributed by atoms with E-state index in [1.165, 1.54) is 113 Å². The van der Waals surface area contributed by atoms with Crippen molar-refractivity contribution >= 4 is 124 Å². The molecule has 3 heterocycles. The zero-order chi connectivity index (χ0) is 51.8. The van der Waals surface area contributed by atoms with Crippen molar-refractivity contribution in [2.75, 3.05) is 11.2 Å². The van der Waals surface area contributed by atoms with E-state index in [4.69, 9.17) is 4.42 Å². The monoisotopic (exact) mass is 1060 g/mol. The van der Waals surface area contributed by atoms with E-state index in [1.807, 2.05) is 47.8 Å². The third kappa shape index (κ3) is 8.07. The minimum Gasteiger partial charge on any atom is -0.454 e. The molecule has 5 aliphatic rings. The molecule has 0 N–H and O–H groups in total. The Kier molecular flexibility index (Phi) is 11.7. The Labute approximate surface area is 465 Å². The average Bonchev–Trinajstić information content (AvgIpc) is 4.04. The standard InChI is InChI=1S/C31H19NOS.C21H18OS.C20H14S/c1-3-16-27-21(11-1)22-12-7-15-25(30(22)33-27)32-24-14-2-4-17-28(24)34-31-23-13-6-9-19-8-5-10-20(29(19)23)18-26(31)32;1-23(22)20-11-3-2-6-17(20)12-15-13-18-9-4-7-16-8-5-10-19(14-15)21(16)18;1-2-10-18-14(5-1)11-16-12-15-8-3-6-13-7-4-9-17(19(13)15)20(16)21-18/h1-12,14-18H,13H2;2-9,11,13-14H,10,12H2,1H3;1-8,10,12H,9,11H2. The zero-order valence-electron chi connectivity index (χ0n) is 43.0. The van der Waals surface area contributed by atoms with Crippen LogP contribution in [0.5, 0.6) is 0 Å². The number of nitrogens with zero attached hydrogens (tertiary/aromatic N) is 1. The number of furan rings is 1. The summed E-state index contributed by atoms with van der Waals surface area (Å²) < 4.78 is 18.4. The second-order valence-corrected chi connectivity index (χ2v) is 24.2. The average molecular weight is 1060 g/mol. The van der Waals surface area contributed by atoms with Gasteiger partial charge < -0.3 is 9.32 Å². The number of hydrogen-bond donors (Lipinski definition) is 0. The van der Waals surface area contributed by atoms with Gasteiger partial charge in [0, 0.05) is 41.5 Å². The zero-order valence-corrected chi connectivity index (χ0v) is 45.4. The summed E-state index contributed by atoms with van der Waals surface area (Å²) in [6.07, 6.45) is 20.2. The number of rotatable bonds is 4. The highest BCUT2D eigenvalue weighted by Crippen LogP contribution is 2.56. The van der Waals surface area contributed by atoms with Gasteiger partial charge in [-0.25, -0.2) is 0 Å². The molecule has 1 unspecified atom stereocenters. The van der Waals surface area contributed by atoms with Gasteiger partial charge in [0.15, 0.2) is 5.58 Å². The molecule has 1 atom stereocenters. The van der Waals surface area contributed by atoms with E-state index in [0.29, 0.717) is 0 Å². The molecule has 0 spiro atoms. The first-order chi connectivity index (χ1) is 38.5. The third-order valence-corrected chi connectivity index (χ3v) is 19.6. The Bertz CT molecular complexity index is 4600. The normalized spacial score (nSPS) is 14.3. The third-order valence-electron chi connectivity index (χ3n) is 16.0. The molecule has 0 fully saturated rings. The van der Waals surface area contributed by atoms with Crippen molar-refractivity contribution in [1.29, 1.82) is 0 Å². The Morgan fingerprint density at radius 1 is 0.487 bits per heavy atom. The van der Waals surface area contributed by atoms with Crippen molar-refractivity contribution in [3.63, 3.8) is 0 Å². The van der Waals surface area contributed by atoms with Gasteiger partial charge in [0.05, 0.1) is 27.9 Å². The van der Waals surface area contributed by atoms with Gasteiger partial charge in [0.25, 0.3) is 0 Å². The van der Waals surface area contributed by atoms with E-state index >= 15 is 0 Å². The summed E-state index contributed by atoms with van der Waals surface area (Å²) in [5, 5.41) is 10.5. The van der Waals surface area contributed by atoms with E-state index < -0.39 is 10.8 Å². The SMILES string of the molecule is C1=Cc2cccc3cc4c(c(c23)C1)Sc1ccccc1C4.C1=Cc2cccc3cc4c(c(c23)C1)Sc1ccccc1N4c1cccc2c1oc1ccccc12.CS(=O)c1ccccc1Cc1cc2c3c(cccc3c1)C=CC2. The second kappa shape index (κ2) is 19.4. The quantitative estimate of drug-likeness (QED) is 0.175. The van der Waals surface area contributed by atoms with Gasteiger partial charge in [-0.15, -0.1) is 0 Å². The van der Waals surface area contributed by atoms with Crippen molar-refractivity contribution < 1.29 is 8.63 Å².